The summed E-state index contributed by atoms with van der Waals surface area (Å²) in [6.07, 6.45) is 1.60. The lowest BCUT2D eigenvalue weighted by atomic mass is 10.1. The second-order valence-electron chi connectivity index (χ2n) is 5.17. The normalized spacial score (nSPS) is 12.4. The molecule has 1 heterocycles. The molecule has 1 aromatic carbocycles. The van der Waals surface area contributed by atoms with Crippen molar-refractivity contribution in [3.05, 3.63) is 59.3 Å². The number of amides is 1. The number of aryl methyl sites for hydroxylation is 1. The lowest BCUT2D eigenvalue weighted by molar-refractivity contribution is 0.0938. The molecule has 0 saturated heterocycles. The third-order valence-electron chi connectivity index (χ3n) is 3.38. The molecule has 21 heavy (non-hydrogen) atoms. The van der Waals surface area contributed by atoms with Crippen molar-refractivity contribution < 1.29 is 13.6 Å². The van der Waals surface area contributed by atoms with Crippen molar-refractivity contribution in [2.24, 2.45) is 0 Å². The molecule has 112 valence electrons. The summed E-state index contributed by atoms with van der Waals surface area (Å²) in [5.41, 5.74) is 0.836. The maximum absolute atomic E-state index is 13.5. The second-order valence-corrected chi connectivity index (χ2v) is 5.17. The number of furan rings is 1. The number of nitrogens with one attached hydrogen (secondary N) is 1. The van der Waals surface area contributed by atoms with E-state index in [1.54, 1.807) is 25.3 Å². The average molecular weight is 290 g/mol. The molecule has 1 atom stereocenters. The first-order valence-corrected chi connectivity index (χ1v) is 6.73. The molecule has 0 aliphatic carbocycles. The summed E-state index contributed by atoms with van der Waals surface area (Å²) in [5.74, 6) is 0.0977. The van der Waals surface area contributed by atoms with Crippen molar-refractivity contribution in [3.8, 4) is 0 Å². The smallest absolute Gasteiger partial charge is 0.251 e. The molecule has 0 saturated carbocycles. The van der Waals surface area contributed by atoms with Gasteiger partial charge in [-0.25, -0.2) is 4.39 Å². The maximum atomic E-state index is 13.5. The van der Waals surface area contributed by atoms with Gasteiger partial charge in [-0.3, -0.25) is 9.69 Å². The van der Waals surface area contributed by atoms with Gasteiger partial charge in [-0.15, -0.1) is 0 Å². The van der Waals surface area contributed by atoms with Gasteiger partial charge < -0.3 is 9.73 Å². The quantitative estimate of drug-likeness (QED) is 0.921. The van der Waals surface area contributed by atoms with E-state index < -0.39 is 0 Å². The van der Waals surface area contributed by atoms with Crippen LogP contribution in [0.1, 0.15) is 27.7 Å². The van der Waals surface area contributed by atoms with E-state index >= 15 is 0 Å². The lowest BCUT2D eigenvalue weighted by Crippen LogP contribution is -2.34. The Morgan fingerprint density at radius 1 is 1.38 bits per heavy atom. The topological polar surface area (TPSA) is 45.5 Å². The number of carbonyl (C=O) groups is 1. The van der Waals surface area contributed by atoms with Crippen molar-refractivity contribution in [3.63, 3.8) is 0 Å². The molecule has 0 bridgehead atoms. The fourth-order valence-electron chi connectivity index (χ4n) is 2.04. The second kappa shape index (κ2) is 6.54. The van der Waals surface area contributed by atoms with Crippen LogP contribution < -0.4 is 5.32 Å². The molecule has 1 aromatic heterocycles. The van der Waals surface area contributed by atoms with Crippen LogP contribution in [0.4, 0.5) is 4.39 Å². The van der Waals surface area contributed by atoms with E-state index in [1.807, 2.05) is 31.1 Å². The zero-order chi connectivity index (χ0) is 15.4. The minimum atomic E-state index is -0.377. The van der Waals surface area contributed by atoms with Crippen molar-refractivity contribution in [1.82, 2.24) is 10.2 Å². The number of rotatable bonds is 5. The minimum Gasteiger partial charge on any atom is -0.468 e. The van der Waals surface area contributed by atoms with Crippen LogP contribution in [0.2, 0.25) is 0 Å². The van der Waals surface area contributed by atoms with Gasteiger partial charge in [-0.2, -0.15) is 0 Å². The van der Waals surface area contributed by atoms with E-state index in [0.29, 0.717) is 17.7 Å². The van der Waals surface area contributed by atoms with Crippen LogP contribution in [0.25, 0.3) is 0 Å². The summed E-state index contributed by atoms with van der Waals surface area (Å²) < 4.78 is 18.9. The maximum Gasteiger partial charge on any atom is 0.251 e. The van der Waals surface area contributed by atoms with Gasteiger partial charge in [0.25, 0.3) is 5.91 Å². The molecule has 0 aliphatic heterocycles. The Balaban J connectivity index is 2.03. The van der Waals surface area contributed by atoms with E-state index in [1.165, 1.54) is 6.07 Å². The third-order valence-corrected chi connectivity index (χ3v) is 3.38. The summed E-state index contributed by atoms with van der Waals surface area (Å²) in [5, 5.41) is 2.81. The summed E-state index contributed by atoms with van der Waals surface area (Å²) in [6.45, 7) is 2.05. The van der Waals surface area contributed by atoms with Gasteiger partial charge >= 0.3 is 0 Å². The molecule has 4 nitrogen and oxygen atoms in total. The first kappa shape index (κ1) is 15.3. The highest BCUT2D eigenvalue weighted by molar-refractivity contribution is 5.94. The van der Waals surface area contributed by atoms with Gasteiger partial charge in [0.15, 0.2) is 0 Å². The Hall–Kier alpha value is -2.14. The van der Waals surface area contributed by atoms with Gasteiger partial charge in [0, 0.05) is 12.1 Å². The van der Waals surface area contributed by atoms with E-state index in [9.17, 15) is 9.18 Å². The van der Waals surface area contributed by atoms with Gasteiger partial charge in [0.1, 0.15) is 11.6 Å². The molecule has 0 spiro atoms. The van der Waals surface area contributed by atoms with E-state index in [-0.39, 0.29) is 17.8 Å². The van der Waals surface area contributed by atoms with Crippen molar-refractivity contribution in [2.45, 2.75) is 13.0 Å². The molecule has 1 amide bonds. The Bertz CT molecular complexity index is 609. The van der Waals surface area contributed by atoms with Gasteiger partial charge in [-0.1, -0.05) is 6.07 Å². The van der Waals surface area contributed by atoms with Gasteiger partial charge in [-0.05, 0) is 50.8 Å². The molecule has 0 fully saturated rings. The van der Waals surface area contributed by atoms with Crippen molar-refractivity contribution in [1.29, 1.82) is 0 Å². The third kappa shape index (κ3) is 3.70. The zero-order valence-corrected chi connectivity index (χ0v) is 12.4. The van der Waals surface area contributed by atoms with Crippen molar-refractivity contribution >= 4 is 5.91 Å². The Labute approximate surface area is 123 Å². The SMILES string of the molecule is Cc1ccc(C(=O)NCC(c2ccco2)N(C)C)cc1F. The highest BCUT2D eigenvalue weighted by atomic mass is 19.1. The first-order valence-electron chi connectivity index (χ1n) is 6.73. The molecule has 2 aromatic rings. The summed E-state index contributed by atoms with van der Waals surface area (Å²) in [4.78, 5) is 14.0. The molecule has 0 aliphatic rings. The highest BCUT2D eigenvalue weighted by Crippen LogP contribution is 2.18. The molecule has 5 heteroatoms. The van der Waals surface area contributed by atoms with E-state index in [2.05, 4.69) is 5.32 Å². The minimum absolute atomic E-state index is 0.0701. The fraction of sp³-hybridized carbons (Fsp3) is 0.312. The molecule has 1 unspecified atom stereocenters. The van der Waals surface area contributed by atoms with E-state index in [4.69, 9.17) is 4.42 Å². The Morgan fingerprint density at radius 3 is 2.71 bits per heavy atom. The van der Waals surface area contributed by atoms with Crippen LogP contribution in [-0.4, -0.2) is 31.4 Å². The molecular weight excluding hydrogens is 271 g/mol. The number of hydrogen-bond donors (Lipinski definition) is 1. The summed E-state index contributed by atoms with van der Waals surface area (Å²) >= 11 is 0. The number of likely N-dealkylation sites (N-methyl/N-ethyl adjacent to an activating group) is 1. The van der Waals surface area contributed by atoms with Crippen LogP contribution in [0.15, 0.2) is 41.0 Å². The monoisotopic (exact) mass is 290 g/mol. The van der Waals surface area contributed by atoms with Gasteiger partial charge in [0.2, 0.25) is 0 Å². The number of benzene rings is 1. The standard InChI is InChI=1S/C16H19FN2O2/c1-11-6-7-12(9-13(11)17)16(20)18-10-14(19(2)3)15-5-4-8-21-15/h4-9,14H,10H2,1-3H3,(H,18,20). The largest absolute Gasteiger partial charge is 0.468 e. The Morgan fingerprint density at radius 2 is 2.14 bits per heavy atom. The molecular formula is C16H19FN2O2. The number of hydrogen-bond acceptors (Lipinski definition) is 3. The van der Waals surface area contributed by atoms with Crippen LogP contribution in [0.5, 0.6) is 0 Å². The Kier molecular flexibility index (Phi) is 4.75. The predicted octanol–water partition coefficient (Wildman–Crippen LogP) is 2.76. The lowest BCUT2D eigenvalue weighted by Gasteiger charge is -2.22. The first-order chi connectivity index (χ1) is 9.99. The number of carbonyl (C=O) groups excluding carboxylic acids is 1. The molecule has 1 N–H and O–H groups in total. The van der Waals surface area contributed by atoms with Crippen LogP contribution in [0.3, 0.4) is 0 Å². The van der Waals surface area contributed by atoms with Crippen LogP contribution in [-0.2, 0) is 0 Å². The predicted molar refractivity (Wildman–Crippen MR) is 78.6 cm³/mol. The van der Waals surface area contributed by atoms with Gasteiger partial charge in [0.05, 0.1) is 12.3 Å². The molecule has 2 rings (SSSR count). The average Bonchev–Trinajstić information content (AvgIpc) is 2.95. The number of halogens is 1. The summed E-state index contributed by atoms with van der Waals surface area (Å²) in [7, 11) is 3.82. The van der Waals surface area contributed by atoms with Crippen LogP contribution in [0, 0.1) is 12.7 Å². The van der Waals surface area contributed by atoms with Crippen molar-refractivity contribution in [2.75, 3.05) is 20.6 Å². The summed E-state index contributed by atoms with van der Waals surface area (Å²) in [6, 6.07) is 8.07. The molecule has 0 radical (unpaired) electrons. The van der Waals surface area contributed by atoms with E-state index in [0.717, 1.165) is 5.76 Å². The fourth-order valence-corrected chi connectivity index (χ4v) is 2.04. The highest BCUT2D eigenvalue weighted by Gasteiger charge is 2.18. The number of nitrogens with zero attached hydrogens (tertiary/aromatic N) is 1. The zero-order valence-electron chi connectivity index (χ0n) is 12.4. The van der Waals surface area contributed by atoms with Crippen LogP contribution >= 0.6 is 0 Å².